The molecule has 66 valence electrons. The Labute approximate surface area is 79.6 Å². The lowest BCUT2D eigenvalue weighted by Crippen LogP contribution is -2.08. The Kier molecular flexibility index (Phi) is 1.28. The number of fused-ring (bicyclic) bond motifs is 3. The van der Waals surface area contributed by atoms with E-state index >= 15 is 0 Å². The number of anilines is 1. The summed E-state index contributed by atoms with van der Waals surface area (Å²) in [7, 11) is 0. The number of amidine groups is 1. The zero-order valence-electron chi connectivity index (χ0n) is 6.99. The molecule has 1 saturated heterocycles. The van der Waals surface area contributed by atoms with Crippen LogP contribution in [-0.2, 0) is 0 Å². The van der Waals surface area contributed by atoms with Crippen LogP contribution in [0.3, 0.4) is 0 Å². The van der Waals surface area contributed by atoms with Crippen LogP contribution >= 0.6 is 11.9 Å². The Bertz CT molecular complexity index is 416. The van der Waals surface area contributed by atoms with E-state index in [9.17, 15) is 4.39 Å². The SMILES string of the molecule is CC1N=C2SN2c2cccc(F)c21. The molecule has 2 aliphatic heterocycles. The van der Waals surface area contributed by atoms with Gasteiger partial charge in [-0.05, 0) is 19.1 Å². The van der Waals surface area contributed by atoms with Gasteiger partial charge in [-0.25, -0.2) is 4.39 Å². The van der Waals surface area contributed by atoms with Gasteiger partial charge in [-0.15, -0.1) is 0 Å². The van der Waals surface area contributed by atoms with E-state index in [1.54, 1.807) is 18.0 Å². The second-order valence-corrected chi connectivity index (χ2v) is 4.06. The van der Waals surface area contributed by atoms with Crippen molar-refractivity contribution in [1.82, 2.24) is 0 Å². The molecule has 0 aliphatic carbocycles. The zero-order chi connectivity index (χ0) is 9.00. The minimum absolute atomic E-state index is 0.0440. The Hall–Kier alpha value is -1.03. The van der Waals surface area contributed by atoms with Crippen LogP contribution in [0, 0.1) is 5.82 Å². The molecular formula is C9H7FN2S. The van der Waals surface area contributed by atoms with Gasteiger partial charge in [-0.3, -0.25) is 9.30 Å². The minimum Gasteiger partial charge on any atom is -0.254 e. The molecule has 1 aromatic carbocycles. The van der Waals surface area contributed by atoms with Gasteiger partial charge in [0.15, 0.2) is 5.17 Å². The number of rotatable bonds is 0. The van der Waals surface area contributed by atoms with Crippen molar-refractivity contribution < 1.29 is 4.39 Å². The maximum Gasteiger partial charge on any atom is 0.196 e. The topological polar surface area (TPSA) is 15.4 Å². The van der Waals surface area contributed by atoms with Crippen LogP contribution in [0.4, 0.5) is 10.1 Å². The molecule has 1 aromatic rings. The summed E-state index contributed by atoms with van der Waals surface area (Å²) in [5.74, 6) is -0.152. The van der Waals surface area contributed by atoms with Crippen molar-refractivity contribution in [2.45, 2.75) is 13.0 Å². The monoisotopic (exact) mass is 194 g/mol. The maximum atomic E-state index is 13.4. The Balaban J connectivity index is 2.26. The van der Waals surface area contributed by atoms with Gasteiger partial charge in [0.25, 0.3) is 0 Å². The molecule has 2 nitrogen and oxygen atoms in total. The minimum atomic E-state index is -0.152. The highest BCUT2D eigenvalue weighted by Gasteiger charge is 2.39. The fraction of sp³-hybridized carbons (Fsp3) is 0.222. The lowest BCUT2D eigenvalue weighted by atomic mass is 10.0. The molecule has 0 spiro atoms. The largest absolute Gasteiger partial charge is 0.254 e. The van der Waals surface area contributed by atoms with Gasteiger partial charge in [0.1, 0.15) is 5.82 Å². The van der Waals surface area contributed by atoms with Crippen molar-refractivity contribution in [3.05, 3.63) is 29.6 Å². The van der Waals surface area contributed by atoms with Crippen molar-refractivity contribution in [2.24, 2.45) is 4.99 Å². The van der Waals surface area contributed by atoms with Gasteiger partial charge >= 0.3 is 0 Å². The first-order valence-corrected chi connectivity index (χ1v) is 4.89. The van der Waals surface area contributed by atoms with Crippen LogP contribution in [0.5, 0.6) is 0 Å². The Morgan fingerprint density at radius 3 is 3.23 bits per heavy atom. The summed E-state index contributed by atoms with van der Waals surface area (Å²) in [6.07, 6.45) is 0. The lowest BCUT2D eigenvalue weighted by Gasteiger charge is -2.16. The molecule has 2 heterocycles. The van der Waals surface area contributed by atoms with Crippen LogP contribution in [0.1, 0.15) is 18.5 Å². The third-order valence-corrected chi connectivity index (χ3v) is 3.12. The molecule has 2 aliphatic rings. The fourth-order valence-corrected chi connectivity index (χ4v) is 2.37. The molecular weight excluding hydrogens is 187 g/mol. The van der Waals surface area contributed by atoms with Crippen molar-refractivity contribution in [2.75, 3.05) is 4.31 Å². The number of benzene rings is 1. The second-order valence-electron chi connectivity index (χ2n) is 3.15. The van der Waals surface area contributed by atoms with E-state index in [2.05, 4.69) is 4.99 Å². The first-order valence-electron chi connectivity index (χ1n) is 4.11. The number of halogens is 1. The Morgan fingerprint density at radius 1 is 1.54 bits per heavy atom. The van der Waals surface area contributed by atoms with E-state index in [4.69, 9.17) is 0 Å². The smallest absolute Gasteiger partial charge is 0.196 e. The van der Waals surface area contributed by atoms with Gasteiger partial charge in [0.05, 0.1) is 11.7 Å². The van der Waals surface area contributed by atoms with Crippen LogP contribution in [-0.4, -0.2) is 5.17 Å². The molecule has 4 heteroatoms. The molecule has 0 amide bonds. The molecule has 3 rings (SSSR count). The van der Waals surface area contributed by atoms with Crippen molar-refractivity contribution in [3.63, 3.8) is 0 Å². The van der Waals surface area contributed by atoms with E-state index in [0.717, 1.165) is 16.4 Å². The van der Waals surface area contributed by atoms with Gasteiger partial charge in [0.2, 0.25) is 0 Å². The summed E-state index contributed by atoms with van der Waals surface area (Å²) in [5.41, 5.74) is 1.68. The molecule has 0 radical (unpaired) electrons. The normalized spacial score (nSPS) is 23.4. The highest BCUT2D eigenvalue weighted by atomic mass is 32.2. The molecule has 13 heavy (non-hydrogen) atoms. The molecule has 1 unspecified atom stereocenters. The third kappa shape index (κ3) is 0.920. The first kappa shape index (κ1) is 7.38. The lowest BCUT2D eigenvalue weighted by molar-refractivity contribution is 0.594. The van der Waals surface area contributed by atoms with E-state index in [0.29, 0.717) is 0 Å². The second kappa shape index (κ2) is 2.26. The number of hydrogen-bond donors (Lipinski definition) is 0. The van der Waals surface area contributed by atoms with Crippen LogP contribution in [0.2, 0.25) is 0 Å². The van der Waals surface area contributed by atoms with Gasteiger partial charge in [-0.1, -0.05) is 6.07 Å². The highest BCUT2D eigenvalue weighted by Crippen LogP contribution is 2.48. The standard InChI is InChI=1S/C9H7FN2S/c1-5-8-6(10)3-2-4-7(8)12-9(11-5)13-12/h2-5H,1H3. The number of nitrogens with zero attached hydrogens (tertiary/aromatic N) is 2. The Morgan fingerprint density at radius 2 is 2.38 bits per heavy atom. The predicted octanol–water partition coefficient (Wildman–Crippen LogP) is 2.72. The molecule has 0 aromatic heterocycles. The number of aliphatic imine (C=N–C) groups is 1. The van der Waals surface area contributed by atoms with Crippen molar-refractivity contribution in [3.8, 4) is 0 Å². The zero-order valence-corrected chi connectivity index (χ0v) is 7.81. The van der Waals surface area contributed by atoms with Crippen molar-refractivity contribution in [1.29, 1.82) is 0 Å². The number of hydrogen-bond acceptors (Lipinski definition) is 3. The van der Waals surface area contributed by atoms with Crippen molar-refractivity contribution >= 4 is 22.8 Å². The average Bonchev–Trinajstić information content (AvgIpc) is 2.83. The third-order valence-electron chi connectivity index (χ3n) is 2.28. The molecule has 0 N–H and O–H groups in total. The van der Waals surface area contributed by atoms with Crippen LogP contribution < -0.4 is 4.31 Å². The summed E-state index contributed by atoms with van der Waals surface area (Å²) in [5, 5.41) is 1.01. The fourth-order valence-electron chi connectivity index (χ4n) is 1.64. The van der Waals surface area contributed by atoms with Gasteiger partial charge in [0, 0.05) is 17.5 Å². The average molecular weight is 194 g/mol. The van der Waals surface area contributed by atoms with Crippen LogP contribution in [0.25, 0.3) is 0 Å². The summed E-state index contributed by atoms with van der Waals surface area (Å²) >= 11 is 1.57. The highest BCUT2D eigenvalue weighted by molar-refractivity contribution is 8.26. The summed E-state index contributed by atoms with van der Waals surface area (Å²) < 4.78 is 15.4. The maximum absolute atomic E-state index is 13.4. The summed E-state index contributed by atoms with van der Waals surface area (Å²) in [6, 6.07) is 5.12. The molecule has 1 atom stereocenters. The van der Waals surface area contributed by atoms with Gasteiger partial charge < -0.3 is 0 Å². The van der Waals surface area contributed by atoms with Crippen LogP contribution in [0.15, 0.2) is 23.2 Å². The van der Waals surface area contributed by atoms with Gasteiger partial charge in [-0.2, -0.15) is 0 Å². The molecule has 1 fully saturated rings. The quantitative estimate of drug-likeness (QED) is 0.466. The molecule has 0 bridgehead atoms. The molecule has 0 saturated carbocycles. The van der Waals surface area contributed by atoms with E-state index in [1.807, 2.05) is 17.3 Å². The van der Waals surface area contributed by atoms with E-state index in [-0.39, 0.29) is 11.9 Å². The summed E-state index contributed by atoms with van der Waals surface area (Å²) in [6.45, 7) is 1.92. The summed E-state index contributed by atoms with van der Waals surface area (Å²) in [4.78, 5) is 4.32. The first-order chi connectivity index (χ1) is 6.27. The predicted molar refractivity (Wildman–Crippen MR) is 52.3 cm³/mol. The van der Waals surface area contributed by atoms with E-state index in [1.165, 1.54) is 6.07 Å². The van der Waals surface area contributed by atoms with E-state index < -0.39 is 0 Å².